The van der Waals surface area contributed by atoms with Crippen molar-refractivity contribution in [2.75, 3.05) is 0 Å². The summed E-state index contributed by atoms with van der Waals surface area (Å²) >= 11 is 0. The number of hydrogen-bond donors (Lipinski definition) is 0. The molecule has 0 aliphatic heterocycles. The molecule has 1 heterocycles. The second-order valence-electron chi connectivity index (χ2n) is 4.61. The van der Waals surface area contributed by atoms with Gasteiger partial charge in [0.05, 0.1) is 22.7 Å². The van der Waals surface area contributed by atoms with Crippen LogP contribution in [0.3, 0.4) is 0 Å². The van der Waals surface area contributed by atoms with Crippen LogP contribution in [0.2, 0.25) is 0 Å². The molecule has 23 heavy (non-hydrogen) atoms. The molecule has 0 unspecified atom stereocenters. The number of rotatable bonds is 6. The highest BCUT2D eigenvalue weighted by Gasteiger charge is 2.17. The number of aromatic nitrogens is 1. The lowest BCUT2D eigenvalue weighted by atomic mass is 10.1. The van der Waals surface area contributed by atoms with Gasteiger partial charge in [-0.15, -0.1) is 0 Å². The summed E-state index contributed by atoms with van der Waals surface area (Å²) in [4.78, 5) is 14.7. The molecule has 2 rings (SSSR count). The molecule has 0 amide bonds. The maximum atomic E-state index is 11.0. The highest BCUT2D eigenvalue weighted by Crippen LogP contribution is 2.34. The zero-order chi connectivity index (χ0) is 16.8. The van der Waals surface area contributed by atoms with Crippen LogP contribution < -0.4 is 4.74 Å². The molecule has 118 valence electrons. The fourth-order valence-electron chi connectivity index (χ4n) is 1.83. The van der Waals surface area contributed by atoms with Gasteiger partial charge in [-0.05, 0) is 32.1 Å². The van der Waals surface area contributed by atoms with Gasteiger partial charge in [0, 0.05) is 6.07 Å². The fraction of sp³-hybridized carbons (Fsp3) is 0.118. The van der Waals surface area contributed by atoms with Gasteiger partial charge in [0.25, 0.3) is 5.69 Å². The Balaban J connectivity index is 2.50. The summed E-state index contributed by atoms with van der Waals surface area (Å²) in [5.74, 6) is 1.70. The molecule has 1 aromatic heterocycles. The minimum Gasteiger partial charge on any atom is -0.456 e. The fourth-order valence-corrected chi connectivity index (χ4v) is 1.83. The van der Waals surface area contributed by atoms with Crippen LogP contribution in [0.4, 0.5) is 5.69 Å². The van der Waals surface area contributed by atoms with Gasteiger partial charge < -0.3 is 9.15 Å². The molecule has 0 aliphatic rings. The monoisotopic (exact) mass is 312 g/mol. The van der Waals surface area contributed by atoms with Crippen molar-refractivity contribution in [1.82, 2.24) is 4.98 Å². The average Bonchev–Trinajstić information content (AvgIpc) is 2.97. The second kappa shape index (κ2) is 7.22. The van der Waals surface area contributed by atoms with E-state index in [9.17, 15) is 10.1 Å². The molecular weight excluding hydrogens is 296 g/mol. The lowest BCUT2D eigenvalue weighted by Crippen LogP contribution is -1.96. The molecule has 0 radical (unpaired) electrons. The first kappa shape index (κ1) is 16.2. The van der Waals surface area contributed by atoms with Crippen molar-refractivity contribution >= 4 is 5.69 Å². The molecule has 0 fully saturated rings. The Hall–Kier alpha value is -3.15. The van der Waals surface area contributed by atoms with E-state index >= 15 is 0 Å². The van der Waals surface area contributed by atoms with Gasteiger partial charge in [0.1, 0.15) is 17.3 Å². The minimum atomic E-state index is -0.485. The number of aryl methyl sites for hydroxylation is 1. The van der Waals surface area contributed by atoms with Crippen LogP contribution in [0.5, 0.6) is 5.75 Å². The molecule has 0 aliphatic carbocycles. The van der Waals surface area contributed by atoms with Gasteiger partial charge in [-0.25, -0.2) is 4.98 Å². The average molecular weight is 312 g/mol. The van der Waals surface area contributed by atoms with Crippen LogP contribution in [0.25, 0.3) is 11.5 Å². The first-order chi connectivity index (χ1) is 11.0. The van der Waals surface area contributed by atoms with E-state index in [0.717, 1.165) is 0 Å². The standard InChI is InChI=1S/C17H16N2O4/c1-4-6-7-14(5-2)23-16-10-13(19(20)21)8-9-15(16)17-18-11-12(3)22-17/h4-11H,2H2,1,3H3/b6-4-,14-7+. The number of nitro benzene ring substituents is 1. The van der Waals surface area contributed by atoms with Crippen LogP contribution in [-0.4, -0.2) is 9.91 Å². The van der Waals surface area contributed by atoms with Gasteiger partial charge >= 0.3 is 0 Å². The number of ether oxygens (including phenoxy) is 1. The van der Waals surface area contributed by atoms with Crippen molar-refractivity contribution in [3.05, 3.63) is 76.9 Å². The summed E-state index contributed by atoms with van der Waals surface area (Å²) in [6.07, 6.45) is 8.41. The molecule has 0 saturated carbocycles. The predicted molar refractivity (Wildman–Crippen MR) is 87.1 cm³/mol. The Morgan fingerprint density at radius 2 is 2.26 bits per heavy atom. The normalized spacial score (nSPS) is 11.7. The zero-order valence-corrected chi connectivity index (χ0v) is 12.9. The van der Waals surface area contributed by atoms with Crippen molar-refractivity contribution < 1.29 is 14.1 Å². The van der Waals surface area contributed by atoms with Crippen molar-refractivity contribution in [2.45, 2.75) is 13.8 Å². The van der Waals surface area contributed by atoms with Crippen LogP contribution in [0, 0.1) is 17.0 Å². The summed E-state index contributed by atoms with van der Waals surface area (Å²) in [5, 5.41) is 11.0. The highest BCUT2D eigenvalue weighted by molar-refractivity contribution is 5.66. The molecule has 6 heteroatoms. The molecule has 0 N–H and O–H groups in total. The van der Waals surface area contributed by atoms with Crippen molar-refractivity contribution in [1.29, 1.82) is 0 Å². The van der Waals surface area contributed by atoms with Crippen LogP contribution in [-0.2, 0) is 0 Å². The lowest BCUT2D eigenvalue weighted by molar-refractivity contribution is -0.384. The van der Waals surface area contributed by atoms with Gasteiger partial charge in [-0.2, -0.15) is 0 Å². The van der Waals surface area contributed by atoms with E-state index in [0.29, 0.717) is 23.0 Å². The Bertz CT molecular complexity index is 788. The topological polar surface area (TPSA) is 78.4 Å². The van der Waals surface area contributed by atoms with Crippen molar-refractivity contribution in [3.63, 3.8) is 0 Å². The maximum Gasteiger partial charge on any atom is 0.273 e. The van der Waals surface area contributed by atoms with Gasteiger partial charge in [0.15, 0.2) is 0 Å². The van der Waals surface area contributed by atoms with E-state index in [1.807, 2.05) is 13.0 Å². The zero-order valence-electron chi connectivity index (χ0n) is 12.9. The molecule has 0 atom stereocenters. The number of nitrogens with zero attached hydrogens (tertiary/aromatic N) is 2. The Kier molecular flexibility index (Phi) is 5.09. The summed E-state index contributed by atoms with van der Waals surface area (Å²) < 4.78 is 11.2. The van der Waals surface area contributed by atoms with E-state index in [-0.39, 0.29) is 11.4 Å². The molecule has 0 spiro atoms. The third-order valence-electron chi connectivity index (χ3n) is 2.91. The maximum absolute atomic E-state index is 11.0. The first-order valence-electron chi connectivity index (χ1n) is 6.89. The lowest BCUT2D eigenvalue weighted by Gasteiger charge is -2.09. The van der Waals surface area contributed by atoms with E-state index in [2.05, 4.69) is 11.6 Å². The molecule has 1 aromatic carbocycles. The van der Waals surface area contributed by atoms with Crippen molar-refractivity contribution in [2.24, 2.45) is 0 Å². The summed E-state index contributed by atoms with van der Waals surface area (Å²) in [5.41, 5.74) is 0.443. The summed E-state index contributed by atoms with van der Waals surface area (Å²) in [7, 11) is 0. The highest BCUT2D eigenvalue weighted by atomic mass is 16.6. The Morgan fingerprint density at radius 1 is 1.48 bits per heavy atom. The van der Waals surface area contributed by atoms with Gasteiger partial charge in [0.2, 0.25) is 5.89 Å². The number of benzene rings is 1. The molecule has 0 saturated heterocycles. The number of nitro groups is 1. The van der Waals surface area contributed by atoms with Crippen LogP contribution in [0.15, 0.2) is 65.5 Å². The quantitative estimate of drug-likeness (QED) is 0.337. The van der Waals surface area contributed by atoms with Gasteiger partial charge in [-0.1, -0.05) is 18.7 Å². The largest absolute Gasteiger partial charge is 0.456 e. The third-order valence-corrected chi connectivity index (χ3v) is 2.91. The van der Waals surface area contributed by atoms with Crippen molar-refractivity contribution in [3.8, 4) is 17.2 Å². The van der Waals surface area contributed by atoms with Crippen LogP contribution >= 0.6 is 0 Å². The Labute approximate surface area is 133 Å². The smallest absolute Gasteiger partial charge is 0.273 e. The van der Waals surface area contributed by atoms with E-state index < -0.39 is 4.92 Å². The van der Waals surface area contributed by atoms with E-state index in [1.54, 1.807) is 31.3 Å². The molecular formula is C17H16N2O4. The first-order valence-corrected chi connectivity index (χ1v) is 6.89. The molecule has 0 bridgehead atoms. The minimum absolute atomic E-state index is 0.0820. The summed E-state index contributed by atoms with van der Waals surface area (Å²) in [6, 6.07) is 4.27. The van der Waals surface area contributed by atoms with E-state index in [1.165, 1.54) is 18.2 Å². The number of hydrogen-bond acceptors (Lipinski definition) is 5. The number of non-ortho nitro benzene ring substituents is 1. The molecule has 6 nitrogen and oxygen atoms in total. The number of oxazole rings is 1. The Morgan fingerprint density at radius 3 is 2.83 bits per heavy atom. The van der Waals surface area contributed by atoms with E-state index in [4.69, 9.17) is 9.15 Å². The van der Waals surface area contributed by atoms with Gasteiger partial charge in [-0.3, -0.25) is 10.1 Å². The third kappa shape index (κ3) is 3.94. The van der Waals surface area contributed by atoms with Crippen LogP contribution in [0.1, 0.15) is 12.7 Å². The second-order valence-corrected chi connectivity index (χ2v) is 4.61. The SMILES string of the molecule is C=C/C(=C\C=C/C)Oc1cc([N+](=O)[O-])ccc1-c1ncc(C)o1. The number of allylic oxidation sites excluding steroid dienone is 4. The molecule has 2 aromatic rings. The predicted octanol–water partition coefficient (Wildman–Crippen LogP) is 4.58. The summed E-state index contributed by atoms with van der Waals surface area (Å²) in [6.45, 7) is 7.31.